The minimum Gasteiger partial charge on any atom is -0.360 e. The topological polar surface area (TPSA) is 72.6 Å². The van der Waals surface area contributed by atoms with Crippen molar-refractivity contribution < 1.29 is 26.3 Å². The number of nitrogens with two attached hydrogens (primary N) is 1. The molecule has 0 spiro atoms. The molecule has 0 aromatic heterocycles. The summed E-state index contributed by atoms with van der Waals surface area (Å²) >= 11 is 0. The van der Waals surface area contributed by atoms with Crippen LogP contribution in [0.3, 0.4) is 0 Å². The number of rotatable bonds is 10. The molecule has 1 aromatic rings. The fourth-order valence-corrected chi connectivity index (χ4v) is 5.09. The summed E-state index contributed by atoms with van der Waals surface area (Å²) in [6, 6.07) is 3.38. The van der Waals surface area contributed by atoms with Gasteiger partial charge < -0.3 is 10.5 Å². The van der Waals surface area contributed by atoms with Crippen molar-refractivity contribution in [3.63, 3.8) is 0 Å². The number of allylic oxidation sites excluding steroid dienone is 1. The van der Waals surface area contributed by atoms with Crippen LogP contribution in [0, 0.1) is 0 Å². The van der Waals surface area contributed by atoms with Gasteiger partial charge in [0.05, 0.1) is 16.6 Å². The third kappa shape index (κ3) is 6.80. The number of sulfonamides is 1. The lowest BCUT2D eigenvalue weighted by Crippen LogP contribution is -2.41. The van der Waals surface area contributed by atoms with Crippen LogP contribution in [0.1, 0.15) is 56.9 Å². The van der Waals surface area contributed by atoms with Crippen LogP contribution in [0.25, 0.3) is 0 Å². The average Bonchev–Trinajstić information content (AvgIpc) is 2.70. The minimum atomic E-state index is -4.50. The Balaban J connectivity index is 1.88. The van der Waals surface area contributed by atoms with Crippen molar-refractivity contribution in [2.45, 2.75) is 80.8 Å². The Hall–Kier alpha value is -1.42. The lowest BCUT2D eigenvalue weighted by atomic mass is 9.93. The van der Waals surface area contributed by atoms with Gasteiger partial charge in [0, 0.05) is 13.1 Å². The van der Waals surface area contributed by atoms with Crippen LogP contribution in [-0.2, 0) is 20.9 Å². The normalized spacial score (nSPS) is 21.5. The van der Waals surface area contributed by atoms with E-state index in [-0.39, 0.29) is 23.3 Å². The quantitative estimate of drug-likeness (QED) is 0.320. The lowest BCUT2D eigenvalue weighted by Gasteiger charge is -2.34. The fourth-order valence-electron chi connectivity index (χ4n) is 3.67. The maximum atomic E-state index is 12.8. The van der Waals surface area contributed by atoms with Gasteiger partial charge >= 0.3 is 6.18 Å². The number of halogens is 3. The summed E-state index contributed by atoms with van der Waals surface area (Å²) in [5.41, 5.74) is 5.16. The lowest BCUT2D eigenvalue weighted by molar-refractivity contribution is -0.137. The highest BCUT2D eigenvalue weighted by Crippen LogP contribution is 2.32. The van der Waals surface area contributed by atoms with Crippen molar-refractivity contribution in [1.82, 2.24) is 4.31 Å². The van der Waals surface area contributed by atoms with Gasteiger partial charge in [-0.15, -0.1) is 6.58 Å². The molecule has 0 aliphatic heterocycles. The van der Waals surface area contributed by atoms with Gasteiger partial charge in [-0.25, -0.2) is 8.42 Å². The van der Waals surface area contributed by atoms with Crippen molar-refractivity contribution in [3.05, 3.63) is 42.5 Å². The SMILES string of the molecule is C=CCCCCC(N)OC1CCC(N(C)S(=O)(=O)c2ccc(C(F)(F)F)cc2)CC1. The zero-order chi connectivity index (χ0) is 22.4. The average molecular weight is 449 g/mol. The van der Waals surface area contributed by atoms with E-state index in [2.05, 4.69) is 6.58 Å². The first-order chi connectivity index (χ1) is 14.1. The number of nitrogens with zero attached hydrogens (tertiary/aromatic N) is 1. The van der Waals surface area contributed by atoms with Gasteiger partial charge in [-0.05, 0) is 75.6 Å². The van der Waals surface area contributed by atoms with Gasteiger partial charge in [0.25, 0.3) is 0 Å². The van der Waals surface area contributed by atoms with Gasteiger partial charge in [-0.3, -0.25) is 0 Å². The van der Waals surface area contributed by atoms with Crippen molar-refractivity contribution in [3.8, 4) is 0 Å². The first-order valence-electron chi connectivity index (χ1n) is 10.2. The van der Waals surface area contributed by atoms with E-state index in [1.807, 2.05) is 6.08 Å². The summed E-state index contributed by atoms with van der Waals surface area (Å²) in [5, 5.41) is 0. The Labute approximate surface area is 177 Å². The summed E-state index contributed by atoms with van der Waals surface area (Å²) in [6.07, 6.45) is 3.39. The molecule has 0 radical (unpaired) electrons. The van der Waals surface area contributed by atoms with E-state index < -0.39 is 21.8 Å². The Morgan fingerprint density at radius 3 is 2.33 bits per heavy atom. The number of hydrogen-bond acceptors (Lipinski definition) is 4. The van der Waals surface area contributed by atoms with Crippen molar-refractivity contribution in [1.29, 1.82) is 0 Å². The molecule has 0 heterocycles. The molecule has 2 N–H and O–H groups in total. The summed E-state index contributed by atoms with van der Waals surface area (Å²) in [7, 11) is -2.39. The van der Waals surface area contributed by atoms with Crippen molar-refractivity contribution in [2.75, 3.05) is 7.05 Å². The van der Waals surface area contributed by atoms with Crippen LogP contribution in [0.4, 0.5) is 13.2 Å². The van der Waals surface area contributed by atoms with E-state index in [1.165, 1.54) is 11.4 Å². The summed E-state index contributed by atoms with van der Waals surface area (Å²) in [6.45, 7) is 3.69. The molecule has 1 fully saturated rings. The number of hydrogen-bond donors (Lipinski definition) is 1. The largest absolute Gasteiger partial charge is 0.416 e. The number of benzene rings is 1. The van der Waals surface area contributed by atoms with E-state index in [4.69, 9.17) is 10.5 Å². The molecular weight excluding hydrogens is 417 g/mol. The molecule has 1 aliphatic rings. The van der Waals surface area contributed by atoms with Crippen LogP contribution in [0.2, 0.25) is 0 Å². The van der Waals surface area contributed by atoms with Gasteiger partial charge in [-0.2, -0.15) is 17.5 Å². The standard InChI is InChI=1S/C21H31F3N2O3S/c1-3-4-5-6-7-20(25)29-18-12-10-17(11-13-18)26(2)30(27,28)19-14-8-16(9-15-19)21(22,23)24/h3,8-9,14-15,17-18,20H,1,4-7,10-13,25H2,2H3. The Morgan fingerprint density at radius 2 is 1.80 bits per heavy atom. The van der Waals surface area contributed by atoms with Gasteiger partial charge in [0.1, 0.15) is 6.23 Å². The van der Waals surface area contributed by atoms with E-state index in [0.717, 1.165) is 49.9 Å². The molecule has 5 nitrogen and oxygen atoms in total. The molecular formula is C21H31F3N2O3S. The first kappa shape index (κ1) is 24.8. The first-order valence-corrected chi connectivity index (χ1v) is 11.7. The maximum Gasteiger partial charge on any atom is 0.416 e. The highest BCUT2D eigenvalue weighted by atomic mass is 32.2. The zero-order valence-corrected chi connectivity index (χ0v) is 18.1. The molecule has 1 aromatic carbocycles. The molecule has 1 unspecified atom stereocenters. The second kappa shape index (κ2) is 10.7. The van der Waals surface area contributed by atoms with Crippen LogP contribution in [-0.4, -0.2) is 38.1 Å². The highest BCUT2D eigenvalue weighted by Gasteiger charge is 2.34. The molecule has 1 atom stereocenters. The number of ether oxygens (including phenoxy) is 1. The summed E-state index contributed by atoms with van der Waals surface area (Å²) in [5.74, 6) is 0. The Morgan fingerprint density at radius 1 is 1.20 bits per heavy atom. The van der Waals surface area contributed by atoms with Crippen molar-refractivity contribution >= 4 is 10.0 Å². The molecule has 9 heteroatoms. The second-order valence-electron chi connectivity index (χ2n) is 7.72. The summed E-state index contributed by atoms with van der Waals surface area (Å²) < 4.78 is 70.9. The highest BCUT2D eigenvalue weighted by molar-refractivity contribution is 7.89. The molecule has 170 valence electrons. The Bertz CT molecular complexity index is 774. The van der Waals surface area contributed by atoms with E-state index >= 15 is 0 Å². The molecule has 1 aliphatic carbocycles. The van der Waals surface area contributed by atoms with Crippen LogP contribution in [0.5, 0.6) is 0 Å². The number of unbranched alkanes of at least 4 members (excludes halogenated alkanes) is 2. The van der Waals surface area contributed by atoms with Gasteiger partial charge in [0.2, 0.25) is 10.0 Å². The van der Waals surface area contributed by atoms with Crippen molar-refractivity contribution in [2.24, 2.45) is 5.73 Å². The number of alkyl halides is 3. The predicted octanol–water partition coefficient (Wildman–Crippen LogP) is 4.68. The minimum absolute atomic E-state index is 0.00201. The van der Waals surface area contributed by atoms with E-state index in [1.54, 1.807) is 0 Å². The molecule has 30 heavy (non-hydrogen) atoms. The van der Waals surface area contributed by atoms with Crippen LogP contribution >= 0.6 is 0 Å². The molecule has 0 saturated heterocycles. The zero-order valence-electron chi connectivity index (χ0n) is 17.3. The van der Waals surface area contributed by atoms with Gasteiger partial charge in [-0.1, -0.05) is 6.08 Å². The second-order valence-corrected chi connectivity index (χ2v) is 9.72. The van der Waals surface area contributed by atoms with E-state index in [0.29, 0.717) is 25.7 Å². The third-order valence-electron chi connectivity index (χ3n) is 5.53. The molecule has 0 bridgehead atoms. The summed E-state index contributed by atoms with van der Waals surface area (Å²) in [4.78, 5) is -0.141. The molecule has 1 saturated carbocycles. The smallest absolute Gasteiger partial charge is 0.360 e. The third-order valence-corrected chi connectivity index (χ3v) is 7.46. The van der Waals surface area contributed by atoms with Gasteiger partial charge in [0.15, 0.2) is 0 Å². The fraction of sp³-hybridized carbons (Fsp3) is 0.619. The Kier molecular flexibility index (Phi) is 8.90. The monoisotopic (exact) mass is 448 g/mol. The van der Waals surface area contributed by atoms with E-state index in [9.17, 15) is 21.6 Å². The van der Waals surface area contributed by atoms with Crippen LogP contribution in [0.15, 0.2) is 41.8 Å². The molecule has 0 amide bonds. The maximum absolute atomic E-state index is 12.8. The van der Waals surface area contributed by atoms with Crippen LogP contribution < -0.4 is 5.73 Å². The molecule has 2 rings (SSSR count). The predicted molar refractivity (Wildman–Crippen MR) is 110 cm³/mol.